The van der Waals surface area contributed by atoms with Crippen LogP contribution in [0.15, 0.2) is 59.2 Å². The summed E-state index contributed by atoms with van der Waals surface area (Å²) in [5.41, 5.74) is 6.75. The first-order chi connectivity index (χ1) is 14.9. The number of rotatable bonds is 10. The van der Waals surface area contributed by atoms with Crippen molar-refractivity contribution < 1.29 is 4.79 Å². The number of likely N-dealkylation sites (N-methyl/N-ethyl adjacent to an activating group) is 1. The van der Waals surface area contributed by atoms with Crippen LogP contribution in [0.4, 0.5) is 5.69 Å². The minimum Gasteiger partial charge on any atom is -0.325 e. The first-order valence-corrected chi connectivity index (χ1v) is 11.2. The van der Waals surface area contributed by atoms with Crippen molar-refractivity contribution in [1.82, 2.24) is 4.90 Å². The van der Waals surface area contributed by atoms with E-state index in [4.69, 9.17) is 4.99 Å². The topological polar surface area (TPSA) is 44.7 Å². The number of amides is 1. The summed E-state index contributed by atoms with van der Waals surface area (Å²) < 4.78 is 0. The Balaban J connectivity index is 2.48. The minimum absolute atomic E-state index is 0.00785. The van der Waals surface area contributed by atoms with Gasteiger partial charge in [0.1, 0.15) is 0 Å². The summed E-state index contributed by atoms with van der Waals surface area (Å²) in [6, 6.07) is 14.6. The van der Waals surface area contributed by atoms with Crippen LogP contribution in [-0.4, -0.2) is 37.7 Å². The van der Waals surface area contributed by atoms with Crippen LogP contribution in [0.5, 0.6) is 0 Å². The van der Waals surface area contributed by atoms with Gasteiger partial charge >= 0.3 is 0 Å². The quantitative estimate of drug-likeness (QED) is 0.373. The second-order valence-corrected chi connectivity index (χ2v) is 8.30. The number of carbonyl (C=O) groups is 1. The zero-order chi connectivity index (χ0) is 22.8. The number of benzene rings is 2. The lowest BCUT2D eigenvalue weighted by atomic mass is 9.84. The highest BCUT2D eigenvalue weighted by molar-refractivity contribution is 5.92. The van der Waals surface area contributed by atoms with Gasteiger partial charge in [-0.05, 0) is 82.1 Å². The fourth-order valence-corrected chi connectivity index (χ4v) is 3.66. The van der Waals surface area contributed by atoms with E-state index in [1.54, 1.807) is 0 Å². The molecule has 1 atom stereocenters. The van der Waals surface area contributed by atoms with Gasteiger partial charge in [0, 0.05) is 17.6 Å². The second kappa shape index (κ2) is 12.2. The molecule has 1 amide bonds. The summed E-state index contributed by atoms with van der Waals surface area (Å²) in [6.45, 7) is 8.92. The molecule has 31 heavy (non-hydrogen) atoms. The van der Waals surface area contributed by atoms with Crippen LogP contribution < -0.4 is 5.32 Å². The van der Waals surface area contributed by atoms with Gasteiger partial charge in [0.15, 0.2) is 0 Å². The standard InChI is InChI=1S/C27H37N3O/c1-7-9-10-17-28-25(8-2)27(24-16-11-13-20(3)21(24)4)22-14-12-15-23(18-22)29-26(31)19-30(5)6/h8,11-18,27H,7,9-10,19H2,1-6H3,(H,29,31)/b25-8-,28-17?. The van der Waals surface area contributed by atoms with Gasteiger partial charge in [-0.15, -0.1) is 0 Å². The number of unbranched alkanes of at least 4 members (excludes halogenated alkanes) is 2. The van der Waals surface area contributed by atoms with Crippen molar-refractivity contribution in [3.05, 3.63) is 76.5 Å². The lowest BCUT2D eigenvalue weighted by molar-refractivity contribution is -0.116. The number of allylic oxidation sites excluding steroid dienone is 2. The Bertz CT molecular complexity index is 928. The summed E-state index contributed by atoms with van der Waals surface area (Å²) in [5.74, 6) is -0.0113. The molecule has 0 aliphatic carbocycles. The lowest BCUT2D eigenvalue weighted by Gasteiger charge is -2.23. The zero-order valence-electron chi connectivity index (χ0n) is 19.9. The van der Waals surface area contributed by atoms with E-state index in [0.717, 1.165) is 36.2 Å². The lowest BCUT2D eigenvalue weighted by Crippen LogP contribution is -2.27. The van der Waals surface area contributed by atoms with Crippen LogP contribution in [0.1, 0.15) is 61.3 Å². The number of carbonyl (C=O) groups excluding carboxylic acids is 1. The van der Waals surface area contributed by atoms with Gasteiger partial charge in [-0.3, -0.25) is 9.79 Å². The third-order valence-electron chi connectivity index (χ3n) is 5.44. The average Bonchev–Trinajstić information content (AvgIpc) is 2.72. The number of aryl methyl sites for hydroxylation is 1. The molecule has 0 aromatic heterocycles. The Morgan fingerprint density at radius 1 is 1.16 bits per heavy atom. The van der Waals surface area contributed by atoms with E-state index in [2.05, 4.69) is 62.5 Å². The molecule has 4 heteroatoms. The Labute approximate surface area is 188 Å². The number of anilines is 1. The molecule has 0 fully saturated rings. The third kappa shape index (κ3) is 7.18. The molecule has 0 aliphatic rings. The molecule has 1 unspecified atom stereocenters. The maximum absolute atomic E-state index is 12.3. The Kier molecular flexibility index (Phi) is 9.67. The molecular formula is C27H37N3O. The van der Waals surface area contributed by atoms with Crippen molar-refractivity contribution >= 4 is 17.8 Å². The predicted octanol–water partition coefficient (Wildman–Crippen LogP) is 6.10. The average molecular weight is 420 g/mol. The summed E-state index contributed by atoms with van der Waals surface area (Å²) in [7, 11) is 3.78. The molecule has 0 spiro atoms. The molecule has 0 saturated carbocycles. The largest absolute Gasteiger partial charge is 0.325 e. The van der Waals surface area contributed by atoms with Crippen molar-refractivity contribution in [2.45, 2.75) is 52.9 Å². The number of aliphatic imine (C=N–C) groups is 1. The van der Waals surface area contributed by atoms with Crippen molar-refractivity contribution in [2.24, 2.45) is 4.99 Å². The van der Waals surface area contributed by atoms with E-state index in [1.807, 2.05) is 44.3 Å². The van der Waals surface area contributed by atoms with E-state index in [0.29, 0.717) is 6.54 Å². The van der Waals surface area contributed by atoms with Gasteiger partial charge < -0.3 is 10.2 Å². The summed E-state index contributed by atoms with van der Waals surface area (Å²) >= 11 is 0. The van der Waals surface area contributed by atoms with E-state index in [1.165, 1.54) is 16.7 Å². The smallest absolute Gasteiger partial charge is 0.238 e. The predicted molar refractivity (Wildman–Crippen MR) is 133 cm³/mol. The Morgan fingerprint density at radius 2 is 1.90 bits per heavy atom. The normalized spacial score (nSPS) is 13.1. The number of hydrogen-bond donors (Lipinski definition) is 1. The van der Waals surface area contributed by atoms with Crippen molar-refractivity contribution in [3.63, 3.8) is 0 Å². The van der Waals surface area contributed by atoms with Gasteiger partial charge in [-0.25, -0.2) is 0 Å². The first-order valence-electron chi connectivity index (χ1n) is 11.2. The van der Waals surface area contributed by atoms with Gasteiger partial charge in [0.2, 0.25) is 5.91 Å². The van der Waals surface area contributed by atoms with E-state index in [-0.39, 0.29) is 11.8 Å². The molecule has 2 aromatic carbocycles. The Hall–Kier alpha value is -2.72. The van der Waals surface area contributed by atoms with Crippen LogP contribution in [0.25, 0.3) is 0 Å². The monoisotopic (exact) mass is 419 g/mol. The molecule has 2 rings (SSSR count). The summed E-state index contributed by atoms with van der Waals surface area (Å²) in [4.78, 5) is 19.0. The first kappa shape index (κ1) is 24.5. The number of hydrogen-bond acceptors (Lipinski definition) is 3. The summed E-state index contributed by atoms with van der Waals surface area (Å²) in [5, 5.41) is 3.02. The highest BCUT2D eigenvalue weighted by Crippen LogP contribution is 2.36. The fraction of sp³-hybridized carbons (Fsp3) is 0.407. The van der Waals surface area contributed by atoms with Gasteiger partial charge in [-0.2, -0.15) is 0 Å². The number of nitrogens with one attached hydrogen (secondary N) is 1. The molecule has 2 aromatic rings. The minimum atomic E-state index is -0.0192. The molecule has 0 aliphatic heterocycles. The zero-order valence-corrected chi connectivity index (χ0v) is 19.9. The maximum atomic E-state index is 12.3. The van der Waals surface area contributed by atoms with Gasteiger partial charge in [0.05, 0.1) is 12.5 Å². The van der Waals surface area contributed by atoms with E-state index >= 15 is 0 Å². The molecule has 0 bridgehead atoms. The van der Waals surface area contributed by atoms with E-state index < -0.39 is 0 Å². The Morgan fingerprint density at radius 3 is 2.58 bits per heavy atom. The molecule has 166 valence electrons. The van der Waals surface area contributed by atoms with Crippen LogP contribution >= 0.6 is 0 Å². The number of nitrogens with zero attached hydrogens (tertiary/aromatic N) is 2. The molecule has 0 radical (unpaired) electrons. The molecule has 0 heterocycles. The van der Waals surface area contributed by atoms with Crippen molar-refractivity contribution in [1.29, 1.82) is 0 Å². The fourth-order valence-electron chi connectivity index (χ4n) is 3.66. The van der Waals surface area contributed by atoms with Crippen LogP contribution in [0, 0.1) is 13.8 Å². The highest BCUT2D eigenvalue weighted by Gasteiger charge is 2.21. The molecular weight excluding hydrogens is 382 g/mol. The maximum Gasteiger partial charge on any atom is 0.238 e. The second-order valence-electron chi connectivity index (χ2n) is 8.30. The van der Waals surface area contributed by atoms with Crippen molar-refractivity contribution in [2.75, 3.05) is 26.0 Å². The van der Waals surface area contributed by atoms with E-state index in [9.17, 15) is 4.79 Å². The summed E-state index contributed by atoms with van der Waals surface area (Å²) in [6.07, 6.45) is 7.42. The molecule has 1 N–H and O–H groups in total. The van der Waals surface area contributed by atoms with Crippen LogP contribution in [0.2, 0.25) is 0 Å². The van der Waals surface area contributed by atoms with Crippen LogP contribution in [0.3, 0.4) is 0 Å². The van der Waals surface area contributed by atoms with Gasteiger partial charge in [0.25, 0.3) is 0 Å². The third-order valence-corrected chi connectivity index (χ3v) is 5.44. The highest BCUT2D eigenvalue weighted by atomic mass is 16.2. The SMILES string of the molecule is C/C=C(\N=CCCCC)C(c1cccc(NC(=O)CN(C)C)c1)c1cccc(C)c1C. The van der Waals surface area contributed by atoms with Crippen molar-refractivity contribution in [3.8, 4) is 0 Å². The molecule has 0 saturated heterocycles. The van der Waals surface area contributed by atoms with Crippen LogP contribution in [-0.2, 0) is 4.79 Å². The molecule has 4 nitrogen and oxygen atoms in total. The van der Waals surface area contributed by atoms with Gasteiger partial charge in [-0.1, -0.05) is 49.8 Å².